The van der Waals surface area contributed by atoms with E-state index in [-0.39, 0.29) is 13.2 Å². The Bertz CT molecular complexity index is 553. The van der Waals surface area contributed by atoms with Crippen molar-refractivity contribution in [2.45, 2.75) is 13.2 Å². The highest BCUT2D eigenvalue weighted by Crippen LogP contribution is 2.28. The molecule has 0 spiro atoms. The monoisotopic (exact) mass is 330 g/mol. The van der Waals surface area contributed by atoms with Crippen LogP contribution in [0.4, 0.5) is 0 Å². The summed E-state index contributed by atoms with van der Waals surface area (Å²) in [5.41, 5.74) is 1.70. The van der Waals surface area contributed by atoms with E-state index in [2.05, 4.69) is 0 Å². The van der Waals surface area contributed by atoms with E-state index in [0.717, 1.165) is 11.1 Å². The fourth-order valence-electron chi connectivity index (χ4n) is 1.58. The molecule has 0 heterocycles. The van der Waals surface area contributed by atoms with Gasteiger partial charge in [-0.1, -0.05) is 47.5 Å². The number of hydrogen-bond donors (Lipinski definition) is 0. The fraction of sp³-hybridized carbons (Fsp3) is 0.143. The maximum atomic E-state index is 11.6. The first-order valence-electron chi connectivity index (χ1n) is 5.92. The number of halogens is 2. The number of benzene rings is 2. The van der Waals surface area contributed by atoms with Crippen molar-refractivity contribution in [1.29, 1.82) is 0 Å². The van der Waals surface area contributed by atoms with Gasteiger partial charge < -0.3 is 9.05 Å². The zero-order chi connectivity index (χ0) is 14.4. The Hall–Kier alpha value is -0.830. The summed E-state index contributed by atoms with van der Waals surface area (Å²) >= 11 is 11.7. The van der Waals surface area contributed by atoms with Gasteiger partial charge in [-0.25, -0.2) is 0 Å². The summed E-state index contributed by atoms with van der Waals surface area (Å²) in [7, 11) is -2.55. The highest BCUT2D eigenvalue weighted by Gasteiger charge is 2.03. The molecule has 0 unspecified atom stereocenters. The smallest absolute Gasteiger partial charge is 0.306 e. The van der Waals surface area contributed by atoms with Crippen molar-refractivity contribution in [1.82, 2.24) is 0 Å². The molecule has 0 saturated heterocycles. The minimum absolute atomic E-state index is 0.202. The van der Waals surface area contributed by atoms with Crippen LogP contribution in [0.3, 0.4) is 0 Å². The summed E-state index contributed by atoms with van der Waals surface area (Å²) in [5, 5.41) is 1.23. The van der Waals surface area contributed by atoms with E-state index >= 15 is 0 Å². The Labute approximate surface area is 128 Å². The maximum Gasteiger partial charge on any atom is 0.319 e. The Morgan fingerprint density at radius 1 is 0.850 bits per heavy atom. The van der Waals surface area contributed by atoms with Gasteiger partial charge in [0, 0.05) is 10.0 Å². The molecule has 6 heteroatoms. The van der Waals surface area contributed by atoms with Gasteiger partial charge in [-0.3, -0.25) is 4.57 Å². The summed E-state index contributed by atoms with van der Waals surface area (Å²) in [6.07, 6.45) is 0. The van der Waals surface area contributed by atoms with Crippen molar-refractivity contribution < 1.29 is 13.6 Å². The zero-order valence-corrected chi connectivity index (χ0v) is 13.0. The van der Waals surface area contributed by atoms with Crippen LogP contribution in [-0.4, -0.2) is 0 Å². The minimum atomic E-state index is -2.55. The molecule has 106 valence electrons. The van der Waals surface area contributed by atoms with Crippen LogP contribution in [0.25, 0.3) is 0 Å². The fourth-order valence-corrected chi connectivity index (χ4v) is 2.66. The molecule has 20 heavy (non-hydrogen) atoms. The standard InChI is InChI=1S/C14H13Cl2O3P/c15-13-5-1-3-11(7-13)9-18-20(17)19-10-12-4-2-6-14(16)8-12/h1-8,20H,9-10H2. The molecule has 0 N–H and O–H groups in total. The second-order valence-corrected chi connectivity index (χ2v) is 6.04. The van der Waals surface area contributed by atoms with Gasteiger partial charge in [0.15, 0.2) is 0 Å². The quantitative estimate of drug-likeness (QED) is 0.690. The molecule has 0 saturated carbocycles. The molecule has 0 aliphatic heterocycles. The van der Waals surface area contributed by atoms with Crippen molar-refractivity contribution in [2.24, 2.45) is 0 Å². The third kappa shape index (κ3) is 5.28. The maximum absolute atomic E-state index is 11.6. The highest BCUT2D eigenvalue weighted by atomic mass is 35.5. The van der Waals surface area contributed by atoms with Crippen molar-refractivity contribution in [3.05, 3.63) is 69.7 Å². The lowest BCUT2D eigenvalue weighted by Gasteiger charge is -2.06. The molecule has 0 aliphatic rings. The van der Waals surface area contributed by atoms with E-state index < -0.39 is 8.25 Å². The molecule has 2 rings (SSSR count). The zero-order valence-electron chi connectivity index (χ0n) is 10.5. The molecular weight excluding hydrogens is 318 g/mol. The third-order valence-corrected chi connectivity index (χ3v) is 3.72. The predicted molar refractivity (Wildman–Crippen MR) is 81.5 cm³/mol. The van der Waals surface area contributed by atoms with Gasteiger partial charge in [0.25, 0.3) is 0 Å². The molecule has 0 bridgehead atoms. The first-order valence-corrected chi connectivity index (χ1v) is 7.90. The number of rotatable bonds is 6. The average molecular weight is 331 g/mol. The van der Waals surface area contributed by atoms with E-state index in [9.17, 15) is 4.57 Å². The molecule has 0 radical (unpaired) electrons. The average Bonchev–Trinajstić information content (AvgIpc) is 2.43. The lowest BCUT2D eigenvalue weighted by Crippen LogP contribution is -1.90. The molecule has 0 aromatic heterocycles. The first kappa shape index (κ1) is 15.6. The second kappa shape index (κ2) is 7.82. The Morgan fingerprint density at radius 2 is 1.30 bits per heavy atom. The van der Waals surface area contributed by atoms with Gasteiger partial charge in [0.1, 0.15) is 0 Å². The Kier molecular flexibility index (Phi) is 6.08. The molecule has 0 fully saturated rings. The molecule has 3 nitrogen and oxygen atoms in total. The number of hydrogen-bond acceptors (Lipinski definition) is 3. The Balaban J connectivity index is 1.78. The topological polar surface area (TPSA) is 35.5 Å². The summed E-state index contributed by atoms with van der Waals surface area (Å²) in [5.74, 6) is 0. The Morgan fingerprint density at radius 3 is 1.70 bits per heavy atom. The van der Waals surface area contributed by atoms with Crippen LogP contribution in [0, 0.1) is 0 Å². The van der Waals surface area contributed by atoms with Gasteiger partial charge in [0.05, 0.1) is 13.2 Å². The summed E-state index contributed by atoms with van der Waals surface area (Å²) in [4.78, 5) is 0. The van der Waals surface area contributed by atoms with Gasteiger partial charge in [-0.2, -0.15) is 0 Å². The van der Waals surface area contributed by atoms with Crippen LogP contribution in [0.2, 0.25) is 10.0 Å². The first-order chi connectivity index (χ1) is 9.63. The molecule has 0 aliphatic carbocycles. The lowest BCUT2D eigenvalue weighted by atomic mass is 10.2. The van der Waals surface area contributed by atoms with E-state index in [1.54, 1.807) is 24.3 Å². The van der Waals surface area contributed by atoms with Crippen molar-refractivity contribution in [3.63, 3.8) is 0 Å². The second-order valence-electron chi connectivity index (χ2n) is 4.09. The molecule has 0 atom stereocenters. The summed E-state index contributed by atoms with van der Waals surface area (Å²) in [6.45, 7) is 0.405. The molecule has 0 amide bonds. The van der Waals surface area contributed by atoms with Gasteiger partial charge >= 0.3 is 8.25 Å². The van der Waals surface area contributed by atoms with E-state index in [0.29, 0.717) is 10.0 Å². The van der Waals surface area contributed by atoms with Gasteiger partial charge in [0.2, 0.25) is 0 Å². The van der Waals surface area contributed by atoms with Crippen LogP contribution in [0.5, 0.6) is 0 Å². The van der Waals surface area contributed by atoms with Crippen LogP contribution < -0.4 is 0 Å². The van der Waals surface area contributed by atoms with Crippen LogP contribution >= 0.6 is 31.5 Å². The van der Waals surface area contributed by atoms with E-state index in [1.807, 2.05) is 24.3 Å². The predicted octanol–water partition coefficient (Wildman–Crippen LogP) is 5.12. The van der Waals surface area contributed by atoms with Gasteiger partial charge in [-0.05, 0) is 35.4 Å². The van der Waals surface area contributed by atoms with Crippen LogP contribution in [-0.2, 0) is 26.8 Å². The summed E-state index contributed by atoms with van der Waals surface area (Å²) < 4.78 is 22.0. The molecule has 2 aromatic carbocycles. The van der Waals surface area contributed by atoms with E-state index in [4.69, 9.17) is 32.2 Å². The molecular formula is C14H13Cl2O3P. The summed E-state index contributed by atoms with van der Waals surface area (Å²) in [6, 6.07) is 14.4. The van der Waals surface area contributed by atoms with Crippen LogP contribution in [0.1, 0.15) is 11.1 Å². The lowest BCUT2D eigenvalue weighted by molar-refractivity contribution is 0.213. The normalized spacial score (nSPS) is 10.9. The SMILES string of the molecule is O=[PH](OCc1cccc(Cl)c1)OCc1cccc(Cl)c1. The van der Waals surface area contributed by atoms with Crippen molar-refractivity contribution >= 4 is 31.5 Å². The van der Waals surface area contributed by atoms with Gasteiger partial charge in [-0.15, -0.1) is 0 Å². The largest absolute Gasteiger partial charge is 0.319 e. The minimum Gasteiger partial charge on any atom is -0.306 e. The van der Waals surface area contributed by atoms with E-state index in [1.165, 1.54) is 0 Å². The van der Waals surface area contributed by atoms with Crippen molar-refractivity contribution in [3.8, 4) is 0 Å². The van der Waals surface area contributed by atoms with Crippen molar-refractivity contribution in [2.75, 3.05) is 0 Å². The highest BCUT2D eigenvalue weighted by molar-refractivity contribution is 7.33. The molecule has 2 aromatic rings. The van der Waals surface area contributed by atoms with Crippen LogP contribution in [0.15, 0.2) is 48.5 Å². The third-order valence-electron chi connectivity index (χ3n) is 2.49.